The highest BCUT2D eigenvalue weighted by molar-refractivity contribution is 8.18. The van der Waals surface area contributed by atoms with Gasteiger partial charge in [0.25, 0.3) is 16.8 Å². The second kappa shape index (κ2) is 11.4. The van der Waals surface area contributed by atoms with E-state index in [4.69, 9.17) is 9.47 Å². The Morgan fingerprint density at radius 1 is 0.872 bits per heavy atom. The topological polar surface area (TPSA) is 99.0 Å². The van der Waals surface area contributed by atoms with Crippen LogP contribution >= 0.6 is 11.8 Å². The van der Waals surface area contributed by atoms with Gasteiger partial charge >= 0.3 is 0 Å². The number of hydrogen-bond donors (Lipinski definition) is 0. The molecule has 0 aliphatic carbocycles. The number of hydrogen-bond acceptors (Lipinski definition) is 7. The molecule has 1 saturated heterocycles. The fourth-order valence-electron chi connectivity index (χ4n) is 4.18. The zero-order chi connectivity index (χ0) is 27.4. The van der Waals surface area contributed by atoms with Crippen molar-refractivity contribution in [1.82, 2.24) is 4.90 Å². The Kier molecular flexibility index (Phi) is 7.60. The minimum absolute atomic E-state index is 0.0335. The maximum atomic E-state index is 13.0. The Labute approximate surface area is 229 Å². The third kappa shape index (κ3) is 5.94. The maximum absolute atomic E-state index is 13.0. The number of amides is 2. The first-order chi connectivity index (χ1) is 18.9. The number of fused-ring (bicyclic) bond motifs is 1. The van der Waals surface area contributed by atoms with Crippen molar-refractivity contribution in [1.29, 1.82) is 0 Å². The van der Waals surface area contributed by atoms with Crippen LogP contribution in [0.1, 0.15) is 23.6 Å². The lowest BCUT2D eigenvalue weighted by Gasteiger charge is -2.13. The minimum atomic E-state index is -0.497. The normalized spacial score (nSPS) is 14.3. The van der Waals surface area contributed by atoms with Crippen LogP contribution in [0.2, 0.25) is 0 Å². The molecule has 0 N–H and O–H groups in total. The van der Waals surface area contributed by atoms with Gasteiger partial charge in [-0.15, -0.1) is 0 Å². The van der Waals surface area contributed by atoms with Gasteiger partial charge in [-0.3, -0.25) is 24.6 Å². The standard InChI is InChI=1S/C30H24N2O6S/c1-2-37-27-16-21(10-14-26(27)38-19-22-7-11-23-5-3-4-6-24(23)15-22)17-28-29(33)31(30(34)39-28)18-20-8-12-25(13-9-20)32(35)36/h3-17H,2,18-19H2,1H3/b28-17-. The highest BCUT2D eigenvalue weighted by atomic mass is 32.2. The van der Waals surface area contributed by atoms with Crippen LogP contribution in [0.4, 0.5) is 10.5 Å². The van der Waals surface area contributed by atoms with Crippen LogP contribution in [0.15, 0.2) is 89.8 Å². The maximum Gasteiger partial charge on any atom is 0.293 e. The molecule has 0 unspecified atom stereocenters. The highest BCUT2D eigenvalue weighted by Crippen LogP contribution is 2.36. The lowest BCUT2D eigenvalue weighted by molar-refractivity contribution is -0.384. The molecule has 0 atom stereocenters. The molecule has 1 aliphatic rings. The summed E-state index contributed by atoms with van der Waals surface area (Å²) in [7, 11) is 0. The van der Waals surface area contributed by atoms with Gasteiger partial charge in [-0.1, -0.05) is 54.6 Å². The van der Waals surface area contributed by atoms with Gasteiger partial charge in [0, 0.05) is 12.1 Å². The molecule has 0 aromatic heterocycles. The van der Waals surface area contributed by atoms with E-state index in [9.17, 15) is 19.7 Å². The average Bonchev–Trinajstić information content (AvgIpc) is 3.20. The summed E-state index contributed by atoms with van der Waals surface area (Å²) in [6.45, 7) is 2.71. The summed E-state index contributed by atoms with van der Waals surface area (Å²) in [5.41, 5.74) is 2.29. The molecule has 0 bridgehead atoms. The lowest BCUT2D eigenvalue weighted by atomic mass is 10.1. The number of ether oxygens (including phenoxy) is 2. The van der Waals surface area contributed by atoms with E-state index in [1.165, 1.54) is 24.3 Å². The van der Waals surface area contributed by atoms with Gasteiger partial charge in [0.2, 0.25) is 0 Å². The molecule has 9 heteroatoms. The van der Waals surface area contributed by atoms with E-state index >= 15 is 0 Å². The highest BCUT2D eigenvalue weighted by Gasteiger charge is 2.35. The zero-order valence-electron chi connectivity index (χ0n) is 21.0. The number of thioether (sulfide) groups is 1. The van der Waals surface area contributed by atoms with Gasteiger partial charge in [-0.25, -0.2) is 0 Å². The van der Waals surface area contributed by atoms with Gasteiger partial charge in [0.15, 0.2) is 11.5 Å². The molecule has 0 saturated carbocycles. The Bertz CT molecular complexity index is 1600. The summed E-state index contributed by atoms with van der Waals surface area (Å²) < 4.78 is 11.9. The molecule has 4 aromatic carbocycles. The van der Waals surface area contributed by atoms with Gasteiger partial charge in [0.05, 0.1) is 23.0 Å². The molecule has 39 heavy (non-hydrogen) atoms. The van der Waals surface area contributed by atoms with Gasteiger partial charge in [0.1, 0.15) is 6.61 Å². The molecular weight excluding hydrogens is 516 g/mol. The van der Waals surface area contributed by atoms with Crippen molar-refractivity contribution in [2.45, 2.75) is 20.1 Å². The molecular formula is C30H24N2O6S. The first-order valence-electron chi connectivity index (χ1n) is 12.3. The van der Waals surface area contributed by atoms with Gasteiger partial charge < -0.3 is 9.47 Å². The Balaban J connectivity index is 1.30. The van der Waals surface area contributed by atoms with E-state index < -0.39 is 16.1 Å². The summed E-state index contributed by atoms with van der Waals surface area (Å²) in [6, 6.07) is 25.5. The SMILES string of the molecule is CCOc1cc(/C=C2\SC(=O)N(Cc3ccc([N+](=O)[O-])cc3)C2=O)ccc1OCc1ccc2ccccc2c1. The molecule has 196 valence electrons. The molecule has 2 amide bonds. The molecule has 5 rings (SSSR count). The van der Waals surface area contributed by atoms with Crippen molar-refractivity contribution in [3.8, 4) is 11.5 Å². The van der Waals surface area contributed by atoms with E-state index in [0.29, 0.717) is 35.8 Å². The number of nitrogens with zero attached hydrogens (tertiary/aromatic N) is 2. The van der Waals surface area contributed by atoms with Crippen LogP contribution in [-0.4, -0.2) is 27.6 Å². The van der Waals surface area contributed by atoms with Crippen LogP contribution in [0, 0.1) is 10.1 Å². The average molecular weight is 541 g/mol. The number of carbonyl (C=O) groups excluding carboxylic acids is 2. The molecule has 1 aliphatic heterocycles. The predicted octanol–water partition coefficient (Wildman–Crippen LogP) is 6.96. The monoisotopic (exact) mass is 540 g/mol. The van der Waals surface area contributed by atoms with E-state index in [1.54, 1.807) is 18.2 Å². The van der Waals surface area contributed by atoms with E-state index in [1.807, 2.05) is 31.2 Å². The van der Waals surface area contributed by atoms with Crippen LogP contribution in [0.25, 0.3) is 16.8 Å². The van der Waals surface area contributed by atoms with Gasteiger partial charge in [-0.05, 0) is 70.4 Å². The van der Waals surface area contributed by atoms with E-state index in [0.717, 1.165) is 33.0 Å². The number of rotatable bonds is 9. The number of nitro groups is 1. The molecule has 0 radical (unpaired) electrons. The second-order valence-corrected chi connectivity index (χ2v) is 9.79. The molecule has 1 fully saturated rings. The third-order valence-corrected chi connectivity index (χ3v) is 7.04. The first kappa shape index (κ1) is 26.0. The minimum Gasteiger partial charge on any atom is -0.490 e. The summed E-state index contributed by atoms with van der Waals surface area (Å²) in [5.74, 6) is 0.698. The Morgan fingerprint density at radius 3 is 2.36 bits per heavy atom. The molecule has 1 heterocycles. The number of carbonyl (C=O) groups is 2. The van der Waals surface area contributed by atoms with Crippen molar-refractivity contribution in [3.05, 3.63) is 117 Å². The summed E-state index contributed by atoms with van der Waals surface area (Å²) in [6.07, 6.45) is 1.65. The van der Waals surface area contributed by atoms with Crippen LogP contribution < -0.4 is 9.47 Å². The molecule has 0 spiro atoms. The second-order valence-electron chi connectivity index (χ2n) is 8.80. The van der Waals surface area contributed by atoms with Crippen molar-refractivity contribution < 1.29 is 24.0 Å². The van der Waals surface area contributed by atoms with Crippen LogP contribution in [0.5, 0.6) is 11.5 Å². The first-order valence-corrected chi connectivity index (χ1v) is 13.1. The Hall–Kier alpha value is -4.63. The van der Waals surface area contributed by atoms with E-state index in [-0.39, 0.29) is 17.1 Å². The lowest BCUT2D eigenvalue weighted by Crippen LogP contribution is -2.27. The number of benzene rings is 4. The Morgan fingerprint density at radius 2 is 1.62 bits per heavy atom. The van der Waals surface area contributed by atoms with E-state index in [2.05, 4.69) is 24.3 Å². The van der Waals surface area contributed by atoms with Crippen LogP contribution in [0.3, 0.4) is 0 Å². The predicted molar refractivity (Wildman–Crippen MR) is 151 cm³/mol. The third-order valence-electron chi connectivity index (χ3n) is 6.14. The van der Waals surface area contributed by atoms with Gasteiger partial charge in [-0.2, -0.15) is 0 Å². The number of imide groups is 1. The van der Waals surface area contributed by atoms with Crippen molar-refractivity contribution >= 4 is 45.4 Å². The fraction of sp³-hybridized carbons (Fsp3) is 0.133. The van der Waals surface area contributed by atoms with Crippen molar-refractivity contribution in [3.63, 3.8) is 0 Å². The smallest absolute Gasteiger partial charge is 0.293 e. The van der Waals surface area contributed by atoms with Crippen LogP contribution in [-0.2, 0) is 17.9 Å². The fourth-order valence-corrected chi connectivity index (χ4v) is 5.02. The largest absolute Gasteiger partial charge is 0.490 e. The molecule has 4 aromatic rings. The quantitative estimate of drug-likeness (QED) is 0.128. The number of nitro benzene ring substituents is 1. The zero-order valence-corrected chi connectivity index (χ0v) is 21.9. The van der Waals surface area contributed by atoms with Crippen molar-refractivity contribution in [2.24, 2.45) is 0 Å². The summed E-state index contributed by atoms with van der Waals surface area (Å²) in [5, 5.41) is 12.8. The summed E-state index contributed by atoms with van der Waals surface area (Å²) >= 11 is 0.854. The molecule has 8 nitrogen and oxygen atoms in total. The number of non-ortho nitro benzene ring substituents is 1. The van der Waals surface area contributed by atoms with Crippen molar-refractivity contribution in [2.75, 3.05) is 6.61 Å². The summed E-state index contributed by atoms with van der Waals surface area (Å²) in [4.78, 5) is 37.3.